The topological polar surface area (TPSA) is 77.3 Å². The minimum absolute atomic E-state index is 0.608. The maximum atomic E-state index is 5.11. The normalized spacial score (nSPS) is 11.1. The molecule has 2 aromatic heterocycles. The van der Waals surface area contributed by atoms with Crippen molar-refractivity contribution in [3.8, 4) is 124 Å². The molecule has 0 aliphatic heterocycles. The SMILES string of the molecule is c1ccc(-c2ccc(-c3ccc(-c4nc(-c5ccccc5)nc(-c5cccc(-c6cccc(-c7cccc(-c8cccc(-c9nc(-c%10ccccc%10)nc(-c%10ccccc%10)n9)c8)c7)c6)c5)n4)cc3)cc2)cc1. The Balaban J connectivity index is 0.837. The molecule has 0 saturated carbocycles. The lowest BCUT2D eigenvalue weighted by Crippen LogP contribution is -2.00. The zero-order valence-corrected chi connectivity index (χ0v) is 39.1. The van der Waals surface area contributed by atoms with Gasteiger partial charge in [0.25, 0.3) is 0 Å². The first-order valence-corrected chi connectivity index (χ1v) is 24.0. The molecule has 12 rings (SSSR count). The number of hydrogen-bond acceptors (Lipinski definition) is 6. The maximum absolute atomic E-state index is 5.11. The van der Waals surface area contributed by atoms with Crippen LogP contribution in [-0.2, 0) is 0 Å². The highest BCUT2D eigenvalue weighted by Gasteiger charge is 2.16. The van der Waals surface area contributed by atoms with Gasteiger partial charge in [-0.1, -0.05) is 243 Å². The summed E-state index contributed by atoms with van der Waals surface area (Å²) in [5, 5.41) is 0. The van der Waals surface area contributed by atoms with E-state index in [0.29, 0.717) is 34.9 Å². The molecule has 0 saturated heterocycles. The van der Waals surface area contributed by atoms with Gasteiger partial charge in [-0.25, -0.2) is 29.9 Å². The van der Waals surface area contributed by atoms with Crippen LogP contribution in [0.2, 0.25) is 0 Å². The largest absolute Gasteiger partial charge is 0.208 e. The van der Waals surface area contributed by atoms with Crippen molar-refractivity contribution in [2.24, 2.45) is 0 Å². The molecule has 0 bridgehead atoms. The smallest absolute Gasteiger partial charge is 0.164 e. The standard InChI is InChI=1S/C66H44N6/c1-5-17-45(18-6-1)46-33-35-47(36-34-46)48-37-39-52(40-38-48)64-68-63(51-23-11-4-12-24-51)71-66(72-64)60-32-16-30-58(44-60)56-28-14-26-54(42-56)53-25-13-27-55(41-53)57-29-15-31-59(43-57)65-69-61(49-19-7-2-8-20-49)67-62(70-65)50-21-9-3-10-22-50/h1-44H. The van der Waals surface area contributed by atoms with Gasteiger partial charge in [0.15, 0.2) is 34.9 Å². The zero-order chi connectivity index (χ0) is 48.1. The Morgan fingerprint density at radius 2 is 0.292 bits per heavy atom. The molecule has 0 atom stereocenters. The predicted octanol–water partition coefficient (Wildman–Crippen LogP) is 16.4. The molecular weight excluding hydrogens is 877 g/mol. The van der Waals surface area contributed by atoms with Crippen LogP contribution < -0.4 is 0 Å². The van der Waals surface area contributed by atoms with Gasteiger partial charge < -0.3 is 0 Å². The molecular formula is C66H44N6. The molecule has 0 fully saturated rings. The lowest BCUT2D eigenvalue weighted by Gasteiger charge is -2.12. The summed E-state index contributed by atoms with van der Waals surface area (Å²) >= 11 is 0. The second-order valence-electron chi connectivity index (χ2n) is 17.6. The van der Waals surface area contributed by atoms with E-state index in [0.717, 1.165) is 77.9 Å². The van der Waals surface area contributed by atoms with Gasteiger partial charge in [-0.3, -0.25) is 0 Å². The quantitative estimate of drug-likeness (QED) is 0.129. The summed E-state index contributed by atoms with van der Waals surface area (Å²) in [6.45, 7) is 0. The first kappa shape index (κ1) is 43.5. The first-order chi connectivity index (χ1) is 35.6. The maximum Gasteiger partial charge on any atom is 0.164 e. The Bertz CT molecular complexity index is 3770. The lowest BCUT2D eigenvalue weighted by molar-refractivity contribution is 1.07. The fourth-order valence-corrected chi connectivity index (χ4v) is 9.02. The molecule has 72 heavy (non-hydrogen) atoms. The molecule has 0 spiro atoms. The summed E-state index contributed by atoms with van der Waals surface area (Å²) in [6.07, 6.45) is 0. The number of aromatic nitrogens is 6. The third-order valence-electron chi connectivity index (χ3n) is 12.8. The molecule has 6 nitrogen and oxygen atoms in total. The molecule has 2 heterocycles. The van der Waals surface area contributed by atoms with Crippen molar-refractivity contribution in [1.82, 2.24) is 29.9 Å². The second kappa shape index (κ2) is 19.7. The van der Waals surface area contributed by atoms with Crippen LogP contribution in [0.4, 0.5) is 0 Å². The van der Waals surface area contributed by atoms with E-state index in [-0.39, 0.29) is 0 Å². The van der Waals surface area contributed by atoms with Crippen LogP contribution in [0.5, 0.6) is 0 Å². The summed E-state index contributed by atoms with van der Waals surface area (Å²) in [5.74, 6) is 3.74. The summed E-state index contributed by atoms with van der Waals surface area (Å²) in [4.78, 5) is 30.1. The predicted molar refractivity (Wildman–Crippen MR) is 293 cm³/mol. The van der Waals surface area contributed by atoms with Crippen molar-refractivity contribution >= 4 is 0 Å². The van der Waals surface area contributed by atoms with Gasteiger partial charge in [0.2, 0.25) is 0 Å². The summed E-state index contributed by atoms with van der Waals surface area (Å²) in [7, 11) is 0. The summed E-state index contributed by atoms with van der Waals surface area (Å²) < 4.78 is 0. The van der Waals surface area contributed by atoms with Gasteiger partial charge >= 0.3 is 0 Å². The van der Waals surface area contributed by atoms with E-state index in [1.807, 2.05) is 97.1 Å². The molecule has 0 aliphatic rings. The van der Waals surface area contributed by atoms with Crippen molar-refractivity contribution in [2.75, 3.05) is 0 Å². The van der Waals surface area contributed by atoms with Crippen molar-refractivity contribution in [2.45, 2.75) is 0 Å². The number of hydrogen-bond donors (Lipinski definition) is 0. The molecule has 338 valence electrons. The minimum Gasteiger partial charge on any atom is -0.208 e. The first-order valence-electron chi connectivity index (χ1n) is 24.0. The molecule has 0 aliphatic carbocycles. The average Bonchev–Trinajstić information content (AvgIpc) is 3.48. The van der Waals surface area contributed by atoms with E-state index >= 15 is 0 Å². The molecule has 0 amide bonds. The Kier molecular flexibility index (Phi) is 11.9. The number of rotatable bonds is 11. The third-order valence-corrected chi connectivity index (χ3v) is 12.8. The van der Waals surface area contributed by atoms with Crippen LogP contribution in [0, 0.1) is 0 Å². The van der Waals surface area contributed by atoms with E-state index in [4.69, 9.17) is 29.9 Å². The van der Waals surface area contributed by atoms with Gasteiger partial charge in [-0.15, -0.1) is 0 Å². The van der Waals surface area contributed by atoms with Crippen LogP contribution in [0.25, 0.3) is 124 Å². The molecule has 12 aromatic rings. The highest BCUT2D eigenvalue weighted by atomic mass is 15.0. The van der Waals surface area contributed by atoms with Crippen molar-refractivity contribution < 1.29 is 0 Å². The fourth-order valence-electron chi connectivity index (χ4n) is 9.02. The minimum atomic E-state index is 0.608. The summed E-state index contributed by atoms with van der Waals surface area (Å²) in [5.41, 5.74) is 16.7. The molecule has 0 unspecified atom stereocenters. The van der Waals surface area contributed by atoms with Gasteiger partial charge in [-0.2, -0.15) is 0 Å². The van der Waals surface area contributed by atoms with Gasteiger partial charge in [0.05, 0.1) is 0 Å². The Hall–Kier alpha value is -9.78. The number of nitrogens with zero attached hydrogens (tertiary/aromatic N) is 6. The van der Waals surface area contributed by atoms with Crippen molar-refractivity contribution in [1.29, 1.82) is 0 Å². The van der Waals surface area contributed by atoms with Crippen LogP contribution in [0.1, 0.15) is 0 Å². The van der Waals surface area contributed by atoms with Gasteiger partial charge in [-0.05, 0) is 79.9 Å². The van der Waals surface area contributed by atoms with Crippen molar-refractivity contribution in [3.05, 3.63) is 267 Å². The Morgan fingerprint density at radius 3 is 0.569 bits per heavy atom. The lowest BCUT2D eigenvalue weighted by atomic mass is 9.95. The Labute approximate surface area is 418 Å². The third kappa shape index (κ3) is 9.36. The molecule has 6 heteroatoms. The van der Waals surface area contributed by atoms with Crippen molar-refractivity contribution in [3.63, 3.8) is 0 Å². The van der Waals surface area contributed by atoms with E-state index in [1.165, 1.54) is 11.1 Å². The van der Waals surface area contributed by atoms with Gasteiger partial charge in [0, 0.05) is 33.4 Å². The van der Waals surface area contributed by atoms with E-state index < -0.39 is 0 Å². The monoisotopic (exact) mass is 920 g/mol. The molecule has 0 radical (unpaired) electrons. The van der Waals surface area contributed by atoms with E-state index in [9.17, 15) is 0 Å². The molecule has 10 aromatic carbocycles. The number of benzene rings is 10. The highest BCUT2D eigenvalue weighted by Crippen LogP contribution is 2.35. The van der Waals surface area contributed by atoms with Gasteiger partial charge in [0.1, 0.15) is 0 Å². The van der Waals surface area contributed by atoms with E-state index in [2.05, 4.69) is 170 Å². The average molecular weight is 921 g/mol. The van der Waals surface area contributed by atoms with E-state index in [1.54, 1.807) is 0 Å². The van der Waals surface area contributed by atoms with Crippen LogP contribution in [-0.4, -0.2) is 29.9 Å². The van der Waals surface area contributed by atoms with Crippen LogP contribution in [0.3, 0.4) is 0 Å². The molecule has 0 N–H and O–H groups in total. The fraction of sp³-hybridized carbons (Fsp3) is 0. The van der Waals surface area contributed by atoms with Crippen LogP contribution >= 0.6 is 0 Å². The summed E-state index contributed by atoms with van der Waals surface area (Å²) in [6, 6.07) is 92.1. The second-order valence-corrected chi connectivity index (χ2v) is 17.6. The van der Waals surface area contributed by atoms with Crippen LogP contribution in [0.15, 0.2) is 267 Å². The highest BCUT2D eigenvalue weighted by molar-refractivity contribution is 5.81. The zero-order valence-electron chi connectivity index (χ0n) is 39.1. The Morgan fingerprint density at radius 1 is 0.125 bits per heavy atom.